The summed E-state index contributed by atoms with van der Waals surface area (Å²) < 4.78 is 25.8. The van der Waals surface area contributed by atoms with Crippen LogP contribution in [0.4, 0.5) is 8.78 Å². The predicted molar refractivity (Wildman–Crippen MR) is 98.7 cm³/mol. The van der Waals surface area contributed by atoms with Gasteiger partial charge in [0, 0.05) is 44.1 Å². The van der Waals surface area contributed by atoms with E-state index in [9.17, 15) is 8.78 Å². The second kappa shape index (κ2) is 9.97. The van der Waals surface area contributed by atoms with Crippen LogP contribution in [-0.4, -0.2) is 15.0 Å². The number of rotatable bonds is 2. The zero-order valence-corrected chi connectivity index (χ0v) is 17.5. The van der Waals surface area contributed by atoms with Crippen molar-refractivity contribution in [2.45, 2.75) is 13.8 Å². The van der Waals surface area contributed by atoms with Gasteiger partial charge in [0.05, 0.1) is 5.69 Å². The Morgan fingerprint density at radius 3 is 2.07 bits per heavy atom. The summed E-state index contributed by atoms with van der Waals surface area (Å²) in [6.07, 6.45) is 3.29. The molecular formula is C21H16F2IrN4-2. The molecule has 1 radical (unpaired) electrons. The Hall–Kier alpha value is -2.76. The SMILES string of the molecule is Cc1nc(-c2ccccn2)[n-]c1C.Fc1c[c-]c(-c2ccccn2)c(F)c1.[Ir]. The molecule has 0 atom stereocenters. The van der Waals surface area contributed by atoms with E-state index in [0.717, 1.165) is 35.0 Å². The topological polar surface area (TPSA) is 52.8 Å². The molecule has 0 unspecified atom stereocenters. The van der Waals surface area contributed by atoms with E-state index in [1.54, 1.807) is 30.6 Å². The first kappa shape index (κ1) is 21.5. The molecule has 0 saturated heterocycles. The molecule has 28 heavy (non-hydrogen) atoms. The van der Waals surface area contributed by atoms with Crippen LogP contribution in [0.1, 0.15) is 11.4 Å². The molecule has 0 spiro atoms. The third-order valence-electron chi connectivity index (χ3n) is 3.74. The van der Waals surface area contributed by atoms with Gasteiger partial charge in [-0.05, 0) is 43.6 Å². The minimum Gasteiger partial charge on any atom is -0.438 e. The average molecular weight is 555 g/mol. The molecule has 0 aliphatic carbocycles. The molecule has 7 heteroatoms. The number of hydrogen-bond acceptors (Lipinski definition) is 3. The van der Waals surface area contributed by atoms with Crippen molar-refractivity contribution in [3.63, 3.8) is 0 Å². The number of nitrogens with zero attached hydrogens (tertiary/aromatic N) is 4. The number of aromatic nitrogens is 4. The number of halogens is 2. The van der Waals surface area contributed by atoms with Gasteiger partial charge in [0.2, 0.25) is 0 Å². The molecule has 145 valence electrons. The van der Waals surface area contributed by atoms with E-state index in [4.69, 9.17) is 0 Å². The fourth-order valence-electron chi connectivity index (χ4n) is 2.27. The molecule has 3 heterocycles. The van der Waals surface area contributed by atoms with Crippen LogP contribution < -0.4 is 4.98 Å². The van der Waals surface area contributed by atoms with Crippen molar-refractivity contribution in [1.82, 2.24) is 19.9 Å². The molecular weight excluding hydrogens is 538 g/mol. The third-order valence-corrected chi connectivity index (χ3v) is 3.74. The van der Waals surface area contributed by atoms with Crippen molar-refractivity contribution in [3.05, 3.63) is 90.0 Å². The Bertz CT molecular complexity index is 1000. The first-order valence-corrected chi connectivity index (χ1v) is 8.22. The van der Waals surface area contributed by atoms with Crippen LogP contribution in [0, 0.1) is 31.5 Å². The zero-order chi connectivity index (χ0) is 19.2. The van der Waals surface area contributed by atoms with Gasteiger partial charge in [-0.3, -0.25) is 13.8 Å². The predicted octanol–water partition coefficient (Wildman–Crippen LogP) is 4.54. The number of benzene rings is 1. The van der Waals surface area contributed by atoms with Crippen LogP contribution in [0.2, 0.25) is 0 Å². The van der Waals surface area contributed by atoms with E-state index < -0.39 is 11.6 Å². The largest absolute Gasteiger partial charge is 0.438 e. The average Bonchev–Trinajstić information content (AvgIpc) is 3.02. The van der Waals surface area contributed by atoms with Gasteiger partial charge in [-0.15, -0.1) is 12.1 Å². The molecule has 4 rings (SSSR count). The molecule has 0 aliphatic heterocycles. The van der Waals surface area contributed by atoms with E-state index in [-0.39, 0.29) is 25.7 Å². The maximum absolute atomic E-state index is 13.2. The first-order chi connectivity index (χ1) is 13.0. The number of pyridine rings is 2. The molecule has 4 aromatic rings. The van der Waals surface area contributed by atoms with Crippen molar-refractivity contribution in [2.24, 2.45) is 0 Å². The van der Waals surface area contributed by atoms with Gasteiger partial charge in [-0.25, -0.2) is 0 Å². The van der Waals surface area contributed by atoms with Crippen LogP contribution in [-0.2, 0) is 20.1 Å². The summed E-state index contributed by atoms with van der Waals surface area (Å²) in [5.74, 6) is -0.568. The summed E-state index contributed by atoms with van der Waals surface area (Å²) in [6.45, 7) is 3.91. The summed E-state index contributed by atoms with van der Waals surface area (Å²) >= 11 is 0. The van der Waals surface area contributed by atoms with Crippen LogP contribution >= 0.6 is 0 Å². The van der Waals surface area contributed by atoms with Gasteiger partial charge in [0.25, 0.3) is 0 Å². The second-order valence-corrected chi connectivity index (χ2v) is 5.69. The first-order valence-electron chi connectivity index (χ1n) is 8.22. The van der Waals surface area contributed by atoms with Crippen LogP contribution in [0.3, 0.4) is 0 Å². The maximum atomic E-state index is 13.2. The van der Waals surface area contributed by atoms with E-state index in [1.807, 2.05) is 32.0 Å². The Morgan fingerprint density at radius 1 is 0.929 bits per heavy atom. The fourth-order valence-corrected chi connectivity index (χ4v) is 2.27. The Morgan fingerprint density at radius 2 is 1.57 bits per heavy atom. The van der Waals surface area contributed by atoms with Gasteiger partial charge in [-0.2, -0.15) is 0 Å². The molecule has 0 saturated carbocycles. The molecule has 3 aromatic heterocycles. The van der Waals surface area contributed by atoms with Gasteiger partial charge in [0.15, 0.2) is 0 Å². The summed E-state index contributed by atoms with van der Waals surface area (Å²) in [5, 5.41) is 0. The van der Waals surface area contributed by atoms with Crippen molar-refractivity contribution < 1.29 is 28.9 Å². The van der Waals surface area contributed by atoms with Crippen molar-refractivity contribution in [1.29, 1.82) is 0 Å². The monoisotopic (exact) mass is 555 g/mol. The third kappa shape index (κ3) is 5.38. The van der Waals surface area contributed by atoms with Crippen LogP contribution in [0.15, 0.2) is 60.9 Å². The fraction of sp³-hybridized carbons (Fsp3) is 0.0952. The zero-order valence-electron chi connectivity index (χ0n) is 15.2. The number of imidazole rings is 1. The van der Waals surface area contributed by atoms with Gasteiger partial charge >= 0.3 is 0 Å². The molecule has 1 aromatic carbocycles. The maximum Gasteiger partial charge on any atom is 0.0620 e. The quantitative estimate of drug-likeness (QED) is 0.342. The van der Waals surface area contributed by atoms with E-state index in [0.29, 0.717) is 5.69 Å². The van der Waals surface area contributed by atoms with Gasteiger partial charge in [0.1, 0.15) is 0 Å². The molecule has 0 amide bonds. The van der Waals surface area contributed by atoms with Crippen LogP contribution in [0.25, 0.3) is 22.8 Å². The summed E-state index contributed by atoms with van der Waals surface area (Å²) in [4.78, 5) is 16.7. The molecule has 0 fully saturated rings. The smallest absolute Gasteiger partial charge is 0.0620 e. The Labute approximate surface area is 175 Å². The van der Waals surface area contributed by atoms with Crippen molar-refractivity contribution in [3.8, 4) is 22.8 Å². The molecule has 4 nitrogen and oxygen atoms in total. The molecule has 0 bridgehead atoms. The van der Waals surface area contributed by atoms with Crippen molar-refractivity contribution >= 4 is 0 Å². The Balaban J connectivity index is 0.000000194. The number of aryl methyl sites for hydroxylation is 2. The number of hydrogen-bond donors (Lipinski definition) is 0. The minimum atomic E-state index is -0.649. The van der Waals surface area contributed by atoms with Crippen LogP contribution in [0.5, 0.6) is 0 Å². The van der Waals surface area contributed by atoms with E-state index in [1.165, 1.54) is 0 Å². The van der Waals surface area contributed by atoms with Crippen molar-refractivity contribution in [2.75, 3.05) is 0 Å². The Kier molecular flexibility index (Phi) is 7.67. The van der Waals surface area contributed by atoms with Gasteiger partial charge < -0.3 is 15.0 Å². The minimum absolute atomic E-state index is 0. The summed E-state index contributed by atoms with van der Waals surface area (Å²) in [7, 11) is 0. The summed E-state index contributed by atoms with van der Waals surface area (Å²) in [6, 6.07) is 15.3. The van der Waals surface area contributed by atoms with Gasteiger partial charge in [-0.1, -0.05) is 41.2 Å². The summed E-state index contributed by atoms with van der Waals surface area (Å²) in [5.41, 5.74) is 3.41. The van der Waals surface area contributed by atoms with E-state index >= 15 is 0 Å². The second-order valence-electron chi connectivity index (χ2n) is 5.69. The standard InChI is InChI=1S/C11H6F2N.C10H10N3.Ir/c12-8-4-5-9(10(13)7-8)11-3-1-2-6-14-11;1-7-8(2)13-10(12-7)9-5-3-4-6-11-9;/h1-4,6-7H;3-6H,1-2H3;/q2*-1;. The molecule has 0 N–H and O–H groups in total. The molecule has 0 aliphatic rings. The van der Waals surface area contributed by atoms with E-state index in [2.05, 4.69) is 26.0 Å². The normalized spacial score (nSPS) is 9.86.